The molecule has 0 aromatic heterocycles. The molecule has 4 nitrogen and oxygen atoms in total. The fraction of sp³-hybridized carbons (Fsp3) is 0.0857. The van der Waals surface area contributed by atoms with Crippen molar-refractivity contribution in [3.8, 4) is 28.0 Å². The van der Waals surface area contributed by atoms with Crippen molar-refractivity contribution in [3.63, 3.8) is 0 Å². The molecular formula is C35H33BrN2O2. The number of rotatable bonds is 8. The fourth-order valence-corrected chi connectivity index (χ4v) is 4.64. The van der Waals surface area contributed by atoms with E-state index in [1.165, 1.54) is 5.56 Å². The molecule has 0 aliphatic rings. The highest BCUT2D eigenvalue weighted by Crippen LogP contribution is 2.27. The topological polar surface area (TPSA) is 81.5 Å². The van der Waals surface area contributed by atoms with Crippen LogP contribution in [-0.2, 0) is 6.61 Å². The van der Waals surface area contributed by atoms with Gasteiger partial charge in [0, 0.05) is 21.4 Å². The summed E-state index contributed by atoms with van der Waals surface area (Å²) >= 11 is 3.43. The van der Waals surface area contributed by atoms with Gasteiger partial charge in [-0.15, -0.1) is 0 Å². The Morgan fingerprint density at radius 3 is 2.00 bits per heavy atom. The Morgan fingerprint density at radius 1 is 0.700 bits per heavy atom. The number of benzene rings is 5. The fourth-order valence-electron chi connectivity index (χ4n) is 4.13. The van der Waals surface area contributed by atoms with Gasteiger partial charge in [0.2, 0.25) is 0 Å². The Kier molecular flexibility index (Phi) is 10.6. The number of hydrogen-bond donors (Lipinski definition) is 3. The lowest BCUT2D eigenvalue weighted by Crippen LogP contribution is -1.95. The van der Waals surface area contributed by atoms with Crippen molar-refractivity contribution in [3.05, 3.63) is 143 Å². The van der Waals surface area contributed by atoms with Gasteiger partial charge in [-0.2, -0.15) is 0 Å². The first kappa shape index (κ1) is 28.7. The minimum Gasteiger partial charge on any atom is -0.493 e. The lowest BCUT2D eigenvalue weighted by Gasteiger charge is -2.07. The van der Waals surface area contributed by atoms with Crippen molar-refractivity contribution >= 4 is 33.4 Å². The van der Waals surface area contributed by atoms with Crippen LogP contribution in [0.25, 0.3) is 28.3 Å². The second-order valence-corrected chi connectivity index (χ2v) is 10.1. The van der Waals surface area contributed by atoms with Crippen molar-refractivity contribution in [2.45, 2.75) is 13.0 Å². The lowest BCUT2D eigenvalue weighted by molar-refractivity contribution is 0.281. The van der Waals surface area contributed by atoms with E-state index in [0.717, 1.165) is 55.8 Å². The van der Waals surface area contributed by atoms with Crippen LogP contribution in [0.5, 0.6) is 5.75 Å². The molecule has 0 fully saturated rings. The average Bonchev–Trinajstić information content (AvgIpc) is 2.98. The molecular weight excluding hydrogens is 560 g/mol. The summed E-state index contributed by atoms with van der Waals surface area (Å²) in [5.74, 6) is 0.812. The largest absolute Gasteiger partial charge is 0.493 e. The van der Waals surface area contributed by atoms with Crippen molar-refractivity contribution in [1.82, 2.24) is 0 Å². The molecule has 0 radical (unpaired) electrons. The van der Waals surface area contributed by atoms with Crippen LogP contribution in [0, 0.1) is 0 Å². The highest BCUT2D eigenvalue weighted by molar-refractivity contribution is 9.10. The van der Waals surface area contributed by atoms with Gasteiger partial charge in [0.15, 0.2) is 0 Å². The number of aliphatic hydroxyl groups excluding tert-OH is 1. The standard InChI is InChI=1S/C23H23NO2.C12H10BrN/c24-23-16-18(11-14-22(23)20-7-2-1-3-8-20)6-4-5-15-26-21-12-9-19(17-25)10-13-21;13-11-6-10(7-12(14)8-11)9-4-2-1-3-5-9/h1-4,6-14,16,25H,5,15,17,24H2;1-8H,14H2/b6-4+;. The molecule has 0 heterocycles. The SMILES string of the molecule is Nc1cc(/C=C/CCOc2ccc(CO)cc2)ccc1-c1ccccc1.Nc1cc(Br)cc(-c2ccccc2)c1. The maximum atomic E-state index is 9.03. The molecule has 5 aromatic rings. The van der Waals surface area contributed by atoms with Crippen LogP contribution in [0.2, 0.25) is 0 Å². The number of aliphatic hydroxyl groups is 1. The summed E-state index contributed by atoms with van der Waals surface area (Å²) in [5.41, 5.74) is 20.0. The van der Waals surface area contributed by atoms with Gasteiger partial charge in [-0.1, -0.05) is 113 Å². The molecule has 0 atom stereocenters. The summed E-state index contributed by atoms with van der Waals surface area (Å²) in [6.45, 7) is 0.655. The molecule has 0 saturated carbocycles. The predicted molar refractivity (Wildman–Crippen MR) is 172 cm³/mol. The highest BCUT2D eigenvalue weighted by Gasteiger charge is 2.02. The number of anilines is 2. The van der Waals surface area contributed by atoms with Gasteiger partial charge in [-0.25, -0.2) is 0 Å². The lowest BCUT2D eigenvalue weighted by atomic mass is 10.0. The van der Waals surface area contributed by atoms with E-state index >= 15 is 0 Å². The van der Waals surface area contributed by atoms with Crippen molar-refractivity contribution in [2.75, 3.05) is 18.1 Å². The van der Waals surface area contributed by atoms with Gasteiger partial charge >= 0.3 is 0 Å². The maximum Gasteiger partial charge on any atom is 0.119 e. The molecule has 5 rings (SSSR count). The highest BCUT2D eigenvalue weighted by atomic mass is 79.9. The zero-order valence-electron chi connectivity index (χ0n) is 22.2. The summed E-state index contributed by atoms with van der Waals surface area (Å²) in [6.07, 6.45) is 4.95. The molecule has 5 N–H and O–H groups in total. The Hall–Kier alpha value is -4.32. The zero-order valence-corrected chi connectivity index (χ0v) is 23.8. The normalized spacial score (nSPS) is 10.7. The van der Waals surface area contributed by atoms with E-state index in [1.807, 2.05) is 78.9 Å². The molecule has 0 amide bonds. The van der Waals surface area contributed by atoms with E-state index in [9.17, 15) is 0 Å². The quantitative estimate of drug-likeness (QED) is 0.124. The summed E-state index contributed by atoms with van der Waals surface area (Å²) < 4.78 is 6.70. The van der Waals surface area contributed by atoms with E-state index < -0.39 is 0 Å². The van der Waals surface area contributed by atoms with Crippen LogP contribution in [0.3, 0.4) is 0 Å². The van der Waals surface area contributed by atoms with Crippen molar-refractivity contribution < 1.29 is 9.84 Å². The number of ether oxygens (including phenoxy) is 1. The zero-order chi connectivity index (χ0) is 28.2. The second-order valence-electron chi connectivity index (χ2n) is 9.19. The van der Waals surface area contributed by atoms with Gasteiger partial charge in [0.1, 0.15) is 5.75 Å². The summed E-state index contributed by atoms with van der Waals surface area (Å²) in [7, 11) is 0. The van der Waals surface area contributed by atoms with Gasteiger partial charge in [0.05, 0.1) is 13.2 Å². The molecule has 5 heteroatoms. The Morgan fingerprint density at radius 2 is 1.38 bits per heavy atom. The predicted octanol–water partition coefficient (Wildman–Crippen LogP) is 8.61. The molecule has 0 aliphatic heterocycles. The van der Waals surface area contributed by atoms with Crippen LogP contribution in [0.15, 0.2) is 132 Å². The Bertz CT molecular complexity index is 1500. The molecule has 0 saturated heterocycles. The van der Waals surface area contributed by atoms with Gasteiger partial charge in [-0.05, 0) is 70.6 Å². The van der Waals surface area contributed by atoms with Crippen molar-refractivity contribution in [1.29, 1.82) is 0 Å². The van der Waals surface area contributed by atoms with E-state index in [4.69, 9.17) is 21.3 Å². The molecule has 40 heavy (non-hydrogen) atoms. The number of hydrogen-bond acceptors (Lipinski definition) is 4. The molecule has 0 unspecified atom stereocenters. The Balaban J connectivity index is 0.000000222. The average molecular weight is 594 g/mol. The van der Waals surface area contributed by atoms with E-state index in [-0.39, 0.29) is 6.61 Å². The third-order valence-electron chi connectivity index (χ3n) is 6.16. The summed E-state index contributed by atoms with van der Waals surface area (Å²) in [6, 6.07) is 39.9. The summed E-state index contributed by atoms with van der Waals surface area (Å²) in [4.78, 5) is 0. The number of nitrogen functional groups attached to an aromatic ring is 2. The van der Waals surface area contributed by atoms with Gasteiger partial charge in [-0.3, -0.25) is 0 Å². The first-order chi connectivity index (χ1) is 19.5. The van der Waals surface area contributed by atoms with E-state index in [1.54, 1.807) is 0 Å². The van der Waals surface area contributed by atoms with Crippen LogP contribution in [0.1, 0.15) is 17.5 Å². The van der Waals surface area contributed by atoms with Crippen molar-refractivity contribution in [2.24, 2.45) is 0 Å². The molecule has 0 bridgehead atoms. The van der Waals surface area contributed by atoms with Gasteiger partial charge in [0.25, 0.3) is 0 Å². The smallest absolute Gasteiger partial charge is 0.119 e. The first-order valence-corrected chi connectivity index (χ1v) is 13.9. The molecule has 5 aromatic carbocycles. The van der Waals surface area contributed by atoms with Crippen LogP contribution in [0.4, 0.5) is 11.4 Å². The van der Waals surface area contributed by atoms with Crippen LogP contribution in [-0.4, -0.2) is 11.7 Å². The van der Waals surface area contributed by atoms with Gasteiger partial charge < -0.3 is 21.3 Å². The van der Waals surface area contributed by atoms with E-state index in [0.29, 0.717) is 6.61 Å². The molecule has 0 aliphatic carbocycles. The third-order valence-corrected chi connectivity index (χ3v) is 6.61. The Labute approximate surface area is 244 Å². The molecule has 0 spiro atoms. The van der Waals surface area contributed by atoms with Crippen LogP contribution < -0.4 is 16.2 Å². The third kappa shape index (κ3) is 8.60. The maximum absolute atomic E-state index is 9.03. The summed E-state index contributed by atoms with van der Waals surface area (Å²) in [5, 5.41) is 9.03. The van der Waals surface area contributed by atoms with E-state index in [2.05, 4.69) is 70.5 Å². The number of nitrogens with two attached hydrogens (primary N) is 2. The monoisotopic (exact) mass is 592 g/mol. The minimum absolute atomic E-state index is 0.0508. The second kappa shape index (κ2) is 14.7. The molecule has 202 valence electrons. The van der Waals surface area contributed by atoms with Crippen LogP contribution >= 0.6 is 15.9 Å². The minimum atomic E-state index is 0.0508. The number of halogens is 1. The first-order valence-electron chi connectivity index (χ1n) is 13.1.